The van der Waals surface area contributed by atoms with Crippen LogP contribution in [0.2, 0.25) is 0 Å². The van der Waals surface area contributed by atoms with Crippen LogP contribution < -0.4 is 10.6 Å². The van der Waals surface area contributed by atoms with Gasteiger partial charge in [0.05, 0.1) is 15.8 Å². The molecular weight excluding hydrogens is 452 g/mol. The number of thiazole rings is 1. The van der Waals surface area contributed by atoms with E-state index < -0.39 is 0 Å². The van der Waals surface area contributed by atoms with Crippen molar-refractivity contribution in [2.45, 2.75) is 51.0 Å². The lowest BCUT2D eigenvalue weighted by atomic mass is 9.95. The maximum Gasteiger partial charge on any atom is 0.253 e. The number of amides is 2. The number of pyridine rings is 1. The van der Waals surface area contributed by atoms with Crippen molar-refractivity contribution in [3.63, 3.8) is 0 Å². The summed E-state index contributed by atoms with van der Waals surface area (Å²) in [5.74, 6) is 0.224. The predicted octanol–water partition coefficient (Wildman–Crippen LogP) is 5.98. The Morgan fingerprint density at radius 1 is 1.00 bits per heavy atom. The molecule has 0 radical (unpaired) electrons. The minimum absolute atomic E-state index is 0.000977. The molecule has 0 aliphatic heterocycles. The van der Waals surface area contributed by atoms with Crippen LogP contribution in [0.3, 0.4) is 0 Å². The molecule has 0 atom stereocenters. The van der Waals surface area contributed by atoms with Crippen molar-refractivity contribution in [2.24, 2.45) is 5.92 Å². The van der Waals surface area contributed by atoms with Crippen molar-refractivity contribution in [3.05, 3.63) is 41.4 Å². The summed E-state index contributed by atoms with van der Waals surface area (Å²) in [5.41, 5.74) is 3.56. The van der Waals surface area contributed by atoms with Crippen LogP contribution in [0.25, 0.3) is 31.6 Å². The molecule has 8 heteroatoms. The lowest BCUT2D eigenvalue weighted by Crippen LogP contribution is -2.36. The summed E-state index contributed by atoms with van der Waals surface area (Å²) in [6, 6.07) is 8.41. The quantitative estimate of drug-likeness (QED) is 0.371. The fraction of sp³-hybridized carbons (Fsp3) is 0.360. The van der Waals surface area contributed by atoms with Gasteiger partial charge in [0.25, 0.3) is 5.91 Å². The third-order valence-corrected chi connectivity index (χ3v) is 8.35. The number of anilines is 1. The SMILES string of the molecule is O=C(NC1CCCCC1)c1csc2ncc(-c3ccc4nc(NC(=O)C5CC5)sc4c3)cc12. The monoisotopic (exact) mass is 476 g/mol. The summed E-state index contributed by atoms with van der Waals surface area (Å²) in [6.45, 7) is 0. The minimum atomic E-state index is 0.000977. The van der Waals surface area contributed by atoms with E-state index >= 15 is 0 Å². The van der Waals surface area contributed by atoms with Crippen LogP contribution in [0.5, 0.6) is 0 Å². The summed E-state index contributed by atoms with van der Waals surface area (Å²) in [7, 11) is 0. The third kappa shape index (κ3) is 4.25. The molecule has 4 aromatic rings. The fourth-order valence-corrected chi connectivity index (χ4v) is 6.25. The van der Waals surface area contributed by atoms with Gasteiger partial charge in [0, 0.05) is 34.5 Å². The number of hydrogen-bond acceptors (Lipinski definition) is 6. The van der Waals surface area contributed by atoms with Crippen molar-refractivity contribution in [3.8, 4) is 11.1 Å². The number of rotatable bonds is 5. The Hall–Kier alpha value is -2.84. The first-order valence-electron chi connectivity index (χ1n) is 11.5. The summed E-state index contributed by atoms with van der Waals surface area (Å²) >= 11 is 2.99. The Balaban J connectivity index is 1.27. The topological polar surface area (TPSA) is 84.0 Å². The van der Waals surface area contributed by atoms with Crippen molar-refractivity contribution < 1.29 is 9.59 Å². The normalized spacial score (nSPS) is 16.8. The van der Waals surface area contributed by atoms with Gasteiger partial charge in [-0.05, 0) is 49.4 Å². The van der Waals surface area contributed by atoms with Gasteiger partial charge in [-0.2, -0.15) is 0 Å². The van der Waals surface area contributed by atoms with Crippen LogP contribution in [-0.2, 0) is 4.79 Å². The second-order valence-electron chi connectivity index (χ2n) is 9.00. The zero-order valence-electron chi connectivity index (χ0n) is 18.1. The first-order valence-corrected chi connectivity index (χ1v) is 13.2. The van der Waals surface area contributed by atoms with E-state index in [9.17, 15) is 9.59 Å². The molecule has 6 nitrogen and oxygen atoms in total. The molecule has 2 N–H and O–H groups in total. The van der Waals surface area contributed by atoms with Crippen molar-refractivity contribution >= 4 is 60.1 Å². The Morgan fingerprint density at radius 3 is 2.67 bits per heavy atom. The van der Waals surface area contributed by atoms with Gasteiger partial charge in [-0.25, -0.2) is 9.97 Å². The molecule has 6 rings (SSSR count). The van der Waals surface area contributed by atoms with Crippen LogP contribution in [0.4, 0.5) is 5.13 Å². The largest absolute Gasteiger partial charge is 0.349 e. The van der Waals surface area contributed by atoms with Gasteiger partial charge in [-0.15, -0.1) is 11.3 Å². The molecule has 3 heterocycles. The number of thiophene rings is 1. The van der Waals surface area contributed by atoms with Crippen LogP contribution in [-0.4, -0.2) is 27.8 Å². The van der Waals surface area contributed by atoms with Gasteiger partial charge in [-0.3, -0.25) is 9.59 Å². The van der Waals surface area contributed by atoms with E-state index in [2.05, 4.69) is 32.7 Å². The minimum Gasteiger partial charge on any atom is -0.349 e. The lowest BCUT2D eigenvalue weighted by molar-refractivity contribution is -0.117. The standard InChI is InChI=1S/C25H24N4O2S2/c30-22(14-6-7-14)29-25-28-20-9-8-15(11-21(20)33-25)16-10-18-19(13-32-24(18)26-12-16)23(31)27-17-4-2-1-3-5-17/h8-14,17H,1-7H2,(H,27,31)(H,28,29,30). The van der Waals surface area contributed by atoms with Crippen molar-refractivity contribution in [1.82, 2.24) is 15.3 Å². The van der Waals surface area contributed by atoms with E-state index in [4.69, 9.17) is 0 Å². The number of benzene rings is 1. The van der Waals surface area contributed by atoms with E-state index in [0.717, 1.165) is 57.2 Å². The molecular formula is C25H24N4O2S2. The molecule has 2 aliphatic rings. The average Bonchev–Trinajstić information content (AvgIpc) is 3.48. The van der Waals surface area contributed by atoms with E-state index in [-0.39, 0.29) is 23.8 Å². The highest BCUT2D eigenvalue weighted by atomic mass is 32.1. The van der Waals surface area contributed by atoms with Crippen LogP contribution in [0.15, 0.2) is 35.8 Å². The summed E-state index contributed by atoms with van der Waals surface area (Å²) in [5, 5.41) is 9.62. The molecule has 0 saturated heterocycles. The maximum atomic E-state index is 13.0. The molecule has 3 aromatic heterocycles. The first kappa shape index (κ1) is 20.7. The lowest BCUT2D eigenvalue weighted by Gasteiger charge is -2.22. The molecule has 0 bridgehead atoms. The molecule has 0 spiro atoms. The highest BCUT2D eigenvalue weighted by Crippen LogP contribution is 2.35. The number of carbonyl (C=O) groups is 2. The van der Waals surface area contributed by atoms with Crippen LogP contribution in [0, 0.1) is 5.92 Å². The molecule has 2 fully saturated rings. The summed E-state index contributed by atoms with van der Waals surface area (Å²) < 4.78 is 1.01. The van der Waals surface area contributed by atoms with Crippen molar-refractivity contribution in [1.29, 1.82) is 0 Å². The van der Waals surface area contributed by atoms with E-state index in [1.807, 2.05) is 23.7 Å². The second-order valence-corrected chi connectivity index (χ2v) is 10.9. The molecule has 168 valence electrons. The van der Waals surface area contributed by atoms with E-state index in [0.29, 0.717) is 10.7 Å². The Kier molecular flexibility index (Phi) is 5.34. The molecule has 0 unspecified atom stereocenters. The number of fused-ring (bicyclic) bond motifs is 2. The van der Waals surface area contributed by atoms with Gasteiger partial charge in [0.15, 0.2) is 5.13 Å². The van der Waals surface area contributed by atoms with Crippen molar-refractivity contribution in [2.75, 3.05) is 5.32 Å². The van der Waals surface area contributed by atoms with Gasteiger partial charge in [0.1, 0.15) is 4.83 Å². The fourth-order valence-electron chi connectivity index (χ4n) is 4.47. The van der Waals surface area contributed by atoms with Gasteiger partial charge in [0.2, 0.25) is 5.91 Å². The summed E-state index contributed by atoms with van der Waals surface area (Å²) in [4.78, 5) is 35.1. The zero-order valence-corrected chi connectivity index (χ0v) is 19.7. The summed E-state index contributed by atoms with van der Waals surface area (Å²) in [6.07, 6.45) is 9.57. The molecule has 2 amide bonds. The maximum absolute atomic E-state index is 13.0. The molecule has 2 saturated carbocycles. The highest BCUT2D eigenvalue weighted by molar-refractivity contribution is 7.22. The van der Waals surface area contributed by atoms with Gasteiger partial charge >= 0.3 is 0 Å². The number of aromatic nitrogens is 2. The Morgan fingerprint density at radius 2 is 1.85 bits per heavy atom. The third-order valence-electron chi connectivity index (χ3n) is 6.51. The van der Waals surface area contributed by atoms with Crippen LogP contribution >= 0.6 is 22.7 Å². The zero-order chi connectivity index (χ0) is 22.4. The number of nitrogens with one attached hydrogen (secondary N) is 2. The average molecular weight is 477 g/mol. The second kappa shape index (κ2) is 8.50. The smallest absolute Gasteiger partial charge is 0.253 e. The highest BCUT2D eigenvalue weighted by Gasteiger charge is 2.30. The number of carbonyl (C=O) groups excluding carboxylic acids is 2. The van der Waals surface area contributed by atoms with E-state index in [1.165, 1.54) is 41.9 Å². The predicted molar refractivity (Wildman–Crippen MR) is 134 cm³/mol. The van der Waals surface area contributed by atoms with Gasteiger partial charge < -0.3 is 10.6 Å². The number of nitrogens with zero attached hydrogens (tertiary/aromatic N) is 2. The van der Waals surface area contributed by atoms with E-state index in [1.54, 1.807) is 0 Å². The molecule has 33 heavy (non-hydrogen) atoms. The van der Waals surface area contributed by atoms with Gasteiger partial charge in [-0.1, -0.05) is 36.7 Å². The Labute approximate surface area is 199 Å². The van der Waals surface area contributed by atoms with Crippen LogP contribution in [0.1, 0.15) is 55.3 Å². The first-order chi connectivity index (χ1) is 16.1. The molecule has 1 aromatic carbocycles. The number of hydrogen-bond donors (Lipinski definition) is 2. The molecule has 2 aliphatic carbocycles. The Bertz CT molecular complexity index is 1370.